The van der Waals surface area contributed by atoms with Crippen molar-refractivity contribution in [1.29, 1.82) is 0 Å². The van der Waals surface area contributed by atoms with Crippen LogP contribution in [0.5, 0.6) is 0 Å². The molecule has 0 heterocycles. The van der Waals surface area contributed by atoms with Crippen LogP contribution in [0.1, 0.15) is 0 Å². The zero-order valence-corrected chi connectivity index (χ0v) is 9.85. The summed E-state index contributed by atoms with van der Waals surface area (Å²) in [6.45, 7) is 9.08. The molecule has 0 aromatic carbocycles. The first-order valence-corrected chi connectivity index (χ1v) is 10.4. The Morgan fingerprint density at radius 2 is 1.56 bits per heavy atom. The molecule has 9 heavy (non-hydrogen) atoms. The largest absolute Gasteiger partial charge is 0.110 e. The first-order chi connectivity index (χ1) is 3.89. The molecule has 1 radical (unpaired) electrons. The molecule has 0 bridgehead atoms. The molecule has 0 nitrogen and oxygen atoms in total. The molecule has 0 aromatic heterocycles. The van der Waals surface area contributed by atoms with E-state index in [0.29, 0.717) is 0 Å². The van der Waals surface area contributed by atoms with Gasteiger partial charge in [-0.2, -0.15) is 0 Å². The third-order valence-electron chi connectivity index (χ3n) is 1.83. The van der Waals surface area contributed by atoms with Crippen LogP contribution in [0.25, 0.3) is 0 Å². The molecule has 0 N–H and O–H groups in total. The van der Waals surface area contributed by atoms with Gasteiger partial charge in [-0.3, -0.25) is 0 Å². The van der Waals surface area contributed by atoms with Gasteiger partial charge in [0.2, 0.25) is 0 Å². The standard InChI is InChI=1S/C5H13Cl2Si2/c1-8(2)9(3,4)5(6)7/h5H,1-4H3. The minimum absolute atomic E-state index is 0.0820. The van der Waals surface area contributed by atoms with Crippen LogP contribution >= 0.6 is 23.2 Å². The van der Waals surface area contributed by atoms with Crippen LogP contribution in [0.4, 0.5) is 0 Å². The molecule has 0 aromatic rings. The predicted molar refractivity (Wildman–Crippen MR) is 50.5 cm³/mol. The summed E-state index contributed by atoms with van der Waals surface area (Å²) in [7, 11) is -1.46. The van der Waals surface area contributed by atoms with E-state index in [2.05, 4.69) is 26.2 Å². The van der Waals surface area contributed by atoms with Crippen molar-refractivity contribution in [3.63, 3.8) is 0 Å². The van der Waals surface area contributed by atoms with Gasteiger partial charge in [0, 0.05) is 8.31 Å². The lowest BCUT2D eigenvalue weighted by Gasteiger charge is -2.26. The summed E-state index contributed by atoms with van der Waals surface area (Å²) in [4.78, 5) is 0. The fraction of sp³-hybridized carbons (Fsp3) is 1.00. The molecule has 0 saturated carbocycles. The highest BCUT2D eigenvalue weighted by Crippen LogP contribution is 2.20. The maximum absolute atomic E-state index is 5.82. The first-order valence-electron chi connectivity index (χ1n) is 2.98. The Bertz CT molecular complexity index is 81.0. The van der Waals surface area contributed by atoms with Crippen molar-refractivity contribution >= 4 is 39.1 Å². The lowest BCUT2D eigenvalue weighted by molar-refractivity contribution is 1.66. The Hall–Kier alpha value is 1.01. The molecule has 0 fully saturated rings. The Morgan fingerprint density at radius 3 is 1.56 bits per heavy atom. The SMILES string of the molecule is C[Si](C)[Si](C)(C)C(Cl)Cl. The second-order valence-electron chi connectivity index (χ2n) is 3.02. The molecule has 0 amide bonds. The van der Waals surface area contributed by atoms with Gasteiger partial charge in [-0.25, -0.2) is 0 Å². The van der Waals surface area contributed by atoms with Crippen molar-refractivity contribution in [2.75, 3.05) is 0 Å². The van der Waals surface area contributed by atoms with Crippen LogP contribution in [-0.4, -0.2) is 20.4 Å². The summed E-state index contributed by atoms with van der Waals surface area (Å²) in [6.07, 6.45) is 0. The zero-order chi connectivity index (χ0) is 7.65. The van der Waals surface area contributed by atoms with Crippen molar-refractivity contribution in [3.05, 3.63) is 0 Å². The quantitative estimate of drug-likeness (QED) is 0.475. The molecule has 0 atom stereocenters. The van der Waals surface area contributed by atoms with E-state index in [1.165, 1.54) is 0 Å². The topological polar surface area (TPSA) is 0 Å². The van der Waals surface area contributed by atoms with Crippen molar-refractivity contribution in [1.82, 2.24) is 0 Å². The second kappa shape index (κ2) is 3.42. The summed E-state index contributed by atoms with van der Waals surface area (Å²) in [5.74, 6) is 0. The lowest BCUT2D eigenvalue weighted by atomic mass is 11.8. The van der Waals surface area contributed by atoms with Gasteiger partial charge < -0.3 is 0 Å². The van der Waals surface area contributed by atoms with Gasteiger partial charge in [0.1, 0.15) is 0 Å². The van der Waals surface area contributed by atoms with Crippen molar-refractivity contribution < 1.29 is 0 Å². The van der Waals surface area contributed by atoms with E-state index in [1.807, 2.05) is 0 Å². The number of halogens is 2. The van der Waals surface area contributed by atoms with E-state index in [9.17, 15) is 0 Å². The molecule has 0 spiro atoms. The molecule has 0 aliphatic heterocycles. The third kappa shape index (κ3) is 2.62. The van der Waals surface area contributed by atoms with Gasteiger partial charge in [0.25, 0.3) is 0 Å². The Balaban J connectivity index is 4.01. The highest BCUT2D eigenvalue weighted by molar-refractivity contribution is 7.35. The fourth-order valence-corrected chi connectivity index (χ4v) is 5.89. The number of alkyl halides is 2. The van der Waals surface area contributed by atoms with E-state index in [4.69, 9.17) is 23.2 Å². The Morgan fingerprint density at radius 1 is 1.22 bits per heavy atom. The smallest absolute Gasteiger partial charge is 0.0945 e. The minimum Gasteiger partial charge on any atom is -0.110 e. The maximum Gasteiger partial charge on any atom is 0.0945 e. The summed E-state index contributed by atoms with van der Waals surface area (Å²) >= 11 is 11.6. The van der Waals surface area contributed by atoms with Gasteiger partial charge in [-0.1, -0.05) is 26.2 Å². The average Bonchev–Trinajstić information content (AvgIpc) is 1.65. The molecular weight excluding hydrogens is 187 g/mol. The average molecular weight is 200 g/mol. The van der Waals surface area contributed by atoms with Crippen LogP contribution in [0.2, 0.25) is 26.2 Å². The molecule has 0 rings (SSSR count). The predicted octanol–water partition coefficient (Wildman–Crippen LogP) is 2.87. The van der Waals surface area contributed by atoms with Crippen molar-refractivity contribution in [2.45, 2.75) is 30.6 Å². The van der Waals surface area contributed by atoms with Crippen LogP contribution in [-0.2, 0) is 0 Å². The molecule has 0 unspecified atom stereocenters. The zero-order valence-electron chi connectivity index (χ0n) is 6.33. The van der Waals surface area contributed by atoms with Crippen molar-refractivity contribution in [2.24, 2.45) is 0 Å². The third-order valence-corrected chi connectivity index (χ3v) is 18.5. The molecular formula is C5H13Cl2Si2. The first kappa shape index (κ1) is 10.0. The molecule has 0 aliphatic carbocycles. The molecule has 55 valence electrons. The molecule has 0 saturated heterocycles. The van der Waals surface area contributed by atoms with Gasteiger partial charge in [0.15, 0.2) is 0 Å². The summed E-state index contributed by atoms with van der Waals surface area (Å²) in [6, 6.07) is 0. The van der Waals surface area contributed by atoms with E-state index >= 15 is 0 Å². The molecule has 0 aliphatic rings. The second-order valence-corrected chi connectivity index (χ2v) is 17.7. The fourth-order valence-electron chi connectivity index (χ4n) is 0.218. The van der Waals surface area contributed by atoms with Gasteiger partial charge in [0.05, 0.1) is 12.1 Å². The van der Waals surface area contributed by atoms with Crippen LogP contribution in [0.3, 0.4) is 0 Å². The maximum atomic E-state index is 5.82. The highest BCUT2D eigenvalue weighted by Gasteiger charge is 2.32. The number of hydrogen-bond acceptors (Lipinski definition) is 0. The Kier molecular flexibility index (Phi) is 3.80. The normalized spacial score (nSPS) is 13.3. The number of rotatable bonds is 2. The molecule has 4 heteroatoms. The van der Waals surface area contributed by atoms with E-state index < -0.39 is 7.59 Å². The van der Waals surface area contributed by atoms with Gasteiger partial charge in [-0.15, -0.1) is 23.2 Å². The van der Waals surface area contributed by atoms with E-state index in [0.717, 1.165) is 0 Å². The van der Waals surface area contributed by atoms with E-state index in [-0.39, 0.29) is 12.8 Å². The van der Waals surface area contributed by atoms with Crippen LogP contribution < -0.4 is 0 Å². The summed E-state index contributed by atoms with van der Waals surface area (Å²) in [5, 5.41) is 0. The van der Waals surface area contributed by atoms with E-state index in [1.54, 1.807) is 0 Å². The summed E-state index contributed by atoms with van der Waals surface area (Å²) < 4.78 is -0.0820. The monoisotopic (exact) mass is 199 g/mol. The Labute approximate surface area is 70.0 Å². The summed E-state index contributed by atoms with van der Waals surface area (Å²) in [5.41, 5.74) is 0. The highest BCUT2D eigenvalue weighted by atomic mass is 35.5. The van der Waals surface area contributed by atoms with Gasteiger partial charge in [-0.05, 0) is 0 Å². The lowest BCUT2D eigenvalue weighted by Crippen LogP contribution is -2.47. The van der Waals surface area contributed by atoms with Gasteiger partial charge >= 0.3 is 0 Å². The van der Waals surface area contributed by atoms with Crippen LogP contribution in [0.15, 0.2) is 0 Å². The number of hydrogen-bond donors (Lipinski definition) is 0. The minimum atomic E-state index is -1.23. The van der Waals surface area contributed by atoms with Crippen molar-refractivity contribution in [3.8, 4) is 0 Å². The van der Waals surface area contributed by atoms with Crippen LogP contribution in [0, 0.1) is 0 Å².